The van der Waals surface area contributed by atoms with Gasteiger partial charge >= 0.3 is 0 Å². The Morgan fingerprint density at radius 1 is 0.227 bits per heavy atom. The molecule has 0 spiro atoms. The first kappa shape index (κ1) is 43.8. The van der Waals surface area contributed by atoms with Gasteiger partial charge in [-0.15, -0.1) is 0 Å². The predicted molar refractivity (Wildman–Crippen MR) is 315 cm³/mol. The van der Waals surface area contributed by atoms with Crippen LogP contribution in [0.3, 0.4) is 0 Å². The zero-order valence-corrected chi connectivity index (χ0v) is 41.0. The SMILES string of the molecule is c1ccc(-c2cccc(N(c3ccccc3)c3ccc(-c4ccc(-c5ccc(-c6cc(-c7ccc8oc9ccccc9c8c7)cc(-c7ccc8c(c7)c7ccccc7n8-c7ccccc7)c6)cc5)cc4)cc3)c2)cc1. The molecule has 2 aromatic heterocycles. The molecule has 2 heterocycles. The van der Waals surface area contributed by atoms with Gasteiger partial charge < -0.3 is 13.9 Å². The molecule has 0 unspecified atom stereocenters. The van der Waals surface area contributed by atoms with Crippen LogP contribution in [0.5, 0.6) is 0 Å². The minimum absolute atomic E-state index is 0.894. The van der Waals surface area contributed by atoms with Crippen molar-refractivity contribution in [3.63, 3.8) is 0 Å². The van der Waals surface area contributed by atoms with Crippen LogP contribution in [0.2, 0.25) is 0 Å². The van der Waals surface area contributed by atoms with Crippen molar-refractivity contribution in [3.8, 4) is 72.4 Å². The van der Waals surface area contributed by atoms with E-state index in [1.165, 1.54) is 60.8 Å². The lowest BCUT2D eigenvalue weighted by Gasteiger charge is -2.26. The minimum Gasteiger partial charge on any atom is -0.456 e. The van der Waals surface area contributed by atoms with Gasteiger partial charge in [-0.1, -0.05) is 188 Å². The minimum atomic E-state index is 0.894. The molecule has 3 heteroatoms. The summed E-state index contributed by atoms with van der Waals surface area (Å²) in [7, 11) is 0. The van der Waals surface area contributed by atoms with Gasteiger partial charge in [-0.05, 0) is 170 Å². The van der Waals surface area contributed by atoms with Crippen molar-refractivity contribution in [2.45, 2.75) is 0 Å². The third-order valence-corrected chi connectivity index (χ3v) is 14.8. The van der Waals surface area contributed by atoms with E-state index >= 15 is 0 Å². The Balaban J connectivity index is 0.789. The number of para-hydroxylation sites is 4. The van der Waals surface area contributed by atoms with Gasteiger partial charge in [0.25, 0.3) is 0 Å². The monoisotopic (exact) mass is 956 g/mol. The Labute approximate surface area is 436 Å². The fraction of sp³-hybridized carbons (Fsp3) is 0. The quantitative estimate of drug-likeness (QED) is 0.136. The molecule has 0 saturated heterocycles. The second kappa shape index (κ2) is 18.6. The molecule has 0 aliphatic heterocycles. The second-order valence-corrected chi connectivity index (χ2v) is 19.3. The molecule has 14 aromatic rings. The number of rotatable bonds is 10. The van der Waals surface area contributed by atoms with Crippen LogP contribution >= 0.6 is 0 Å². The van der Waals surface area contributed by atoms with Crippen LogP contribution in [0.15, 0.2) is 296 Å². The van der Waals surface area contributed by atoms with E-state index in [9.17, 15) is 0 Å². The molecule has 0 saturated carbocycles. The molecule has 75 heavy (non-hydrogen) atoms. The summed E-state index contributed by atoms with van der Waals surface area (Å²) in [5.41, 5.74) is 22.7. The second-order valence-electron chi connectivity index (χ2n) is 19.3. The molecular formula is C72H48N2O. The van der Waals surface area contributed by atoms with Crippen LogP contribution in [0.4, 0.5) is 17.1 Å². The number of benzene rings is 12. The summed E-state index contributed by atoms with van der Waals surface area (Å²) in [5.74, 6) is 0. The summed E-state index contributed by atoms with van der Waals surface area (Å²) >= 11 is 0. The third-order valence-electron chi connectivity index (χ3n) is 14.8. The maximum atomic E-state index is 6.27. The number of hydrogen-bond acceptors (Lipinski definition) is 2. The molecule has 12 aromatic carbocycles. The number of nitrogens with zero attached hydrogens (tertiary/aromatic N) is 2. The lowest BCUT2D eigenvalue weighted by Crippen LogP contribution is -2.09. The average molecular weight is 957 g/mol. The first-order chi connectivity index (χ1) is 37.1. The molecule has 0 radical (unpaired) electrons. The zero-order chi connectivity index (χ0) is 49.7. The lowest BCUT2D eigenvalue weighted by atomic mass is 9.91. The highest BCUT2D eigenvalue weighted by molar-refractivity contribution is 6.11. The van der Waals surface area contributed by atoms with Crippen LogP contribution < -0.4 is 4.90 Å². The van der Waals surface area contributed by atoms with Crippen molar-refractivity contribution >= 4 is 60.8 Å². The number of hydrogen-bond donors (Lipinski definition) is 0. The highest BCUT2D eigenvalue weighted by atomic mass is 16.3. The van der Waals surface area contributed by atoms with Gasteiger partial charge in [0.05, 0.1) is 11.0 Å². The smallest absolute Gasteiger partial charge is 0.135 e. The fourth-order valence-corrected chi connectivity index (χ4v) is 11.0. The van der Waals surface area contributed by atoms with Crippen molar-refractivity contribution < 1.29 is 4.42 Å². The topological polar surface area (TPSA) is 21.3 Å². The normalized spacial score (nSPS) is 11.5. The molecule has 0 N–H and O–H groups in total. The number of anilines is 3. The first-order valence-corrected chi connectivity index (χ1v) is 25.6. The van der Waals surface area contributed by atoms with Crippen molar-refractivity contribution in [1.82, 2.24) is 4.57 Å². The van der Waals surface area contributed by atoms with Gasteiger partial charge in [-0.3, -0.25) is 0 Å². The summed E-state index contributed by atoms with van der Waals surface area (Å²) in [6.45, 7) is 0. The maximum absolute atomic E-state index is 6.27. The van der Waals surface area contributed by atoms with Crippen LogP contribution in [0.1, 0.15) is 0 Å². The molecule has 0 amide bonds. The van der Waals surface area contributed by atoms with Crippen molar-refractivity contribution in [1.29, 1.82) is 0 Å². The molecule has 0 atom stereocenters. The molecule has 352 valence electrons. The third kappa shape index (κ3) is 8.14. The Kier molecular flexibility index (Phi) is 10.8. The van der Waals surface area contributed by atoms with E-state index in [1.54, 1.807) is 0 Å². The fourth-order valence-electron chi connectivity index (χ4n) is 11.0. The van der Waals surface area contributed by atoms with Crippen molar-refractivity contribution in [2.24, 2.45) is 0 Å². The Bertz CT molecular complexity index is 4360. The van der Waals surface area contributed by atoms with Crippen molar-refractivity contribution in [3.05, 3.63) is 291 Å². The largest absolute Gasteiger partial charge is 0.456 e. The highest BCUT2D eigenvalue weighted by Gasteiger charge is 2.17. The van der Waals surface area contributed by atoms with E-state index in [-0.39, 0.29) is 0 Å². The van der Waals surface area contributed by atoms with Gasteiger partial charge in [0, 0.05) is 44.3 Å². The van der Waals surface area contributed by atoms with E-state index < -0.39 is 0 Å². The Hall–Kier alpha value is -9.96. The predicted octanol–water partition coefficient (Wildman–Crippen LogP) is 20.2. The van der Waals surface area contributed by atoms with E-state index in [0.29, 0.717) is 0 Å². The van der Waals surface area contributed by atoms with E-state index in [0.717, 1.165) is 72.5 Å². The van der Waals surface area contributed by atoms with E-state index in [1.807, 2.05) is 12.1 Å². The van der Waals surface area contributed by atoms with E-state index in [4.69, 9.17) is 4.42 Å². The zero-order valence-electron chi connectivity index (χ0n) is 41.0. The maximum Gasteiger partial charge on any atom is 0.135 e. The number of aromatic nitrogens is 1. The van der Waals surface area contributed by atoms with Gasteiger partial charge in [-0.2, -0.15) is 0 Å². The van der Waals surface area contributed by atoms with E-state index in [2.05, 4.69) is 289 Å². The van der Waals surface area contributed by atoms with Crippen LogP contribution in [0, 0.1) is 0 Å². The number of furan rings is 1. The summed E-state index contributed by atoms with van der Waals surface area (Å²) < 4.78 is 8.64. The molecule has 14 rings (SSSR count). The standard InChI is InChI=1S/C72H48N2O/c1-4-15-49(16-5-1)55-17-14-22-64(46-55)73(61-18-6-2-7-19-61)63-39-35-53(36-40-63)52-29-27-50(28-30-52)51-31-33-54(34-32-51)58-43-59(45-60(44-58)57-38-42-72-68(48-57)66-24-11-13-26-71(66)75-72)56-37-41-70-67(47-56)65-23-10-12-25-69(65)74(70)62-20-8-3-9-21-62/h1-48H. The van der Waals surface area contributed by atoms with Crippen LogP contribution in [-0.2, 0) is 0 Å². The highest BCUT2D eigenvalue weighted by Crippen LogP contribution is 2.41. The molecule has 0 aliphatic carbocycles. The summed E-state index contributed by atoms with van der Waals surface area (Å²) in [6.07, 6.45) is 0. The molecule has 3 nitrogen and oxygen atoms in total. The van der Waals surface area contributed by atoms with Gasteiger partial charge in [0.15, 0.2) is 0 Å². The summed E-state index contributed by atoms with van der Waals surface area (Å²) in [5, 5.41) is 4.71. The molecule has 0 aliphatic rings. The Morgan fingerprint density at radius 3 is 1.31 bits per heavy atom. The van der Waals surface area contributed by atoms with Crippen LogP contribution in [0.25, 0.3) is 116 Å². The molecule has 0 fully saturated rings. The summed E-state index contributed by atoms with van der Waals surface area (Å²) in [6, 6.07) is 105. The van der Waals surface area contributed by atoms with Gasteiger partial charge in [0.1, 0.15) is 11.2 Å². The first-order valence-electron chi connectivity index (χ1n) is 25.6. The lowest BCUT2D eigenvalue weighted by molar-refractivity contribution is 0.669. The summed E-state index contributed by atoms with van der Waals surface area (Å²) in [4.78, 5) is 2.33. The Morgan fingerprint density at radius 2 is 0.640 bits per heavy atom. The molecule has 0 bridgehead atoms. The average Bonchev–Trinajstić information content (AvgIpc) is 4.06. The van der Waals surface area contributed by atoms with Gasteiger partial charge in [-0.25, -0.2) is 0 Å². The number of fused-ring (bicyclic) bond motifs is 6. The van der Waals surface area contributed by atoms with Crippen molar-refractivity contribution in [2.75, 3.05) is 4.90 Å². The van der Waals surface area contributed by atoms with Gasteiger partial charge in [0.2, 0.25) is 0 Å². The van der Waals surface area contributed by atoms with Crippen LogP contribution in [-0.4, -0.2) is 4.57 Å². The molecular weight excluding hydrogens is 909 g/mol.